The Kier molecular flexibility index (Phi) is 3.71. The topological polar surface area (TPSA) is 50.7 Å². The van der Waals surface area contributed by atoms with Crippen molar-refractivity contribution < 1.29 is 0 Å². The van der Waals surface area contributed by atoms with Gasteiger partial charge in [0.1, 0.15) is 11.3 Å². The standard InChI is InChI=1S/C16H15ClN4/c1-16(11-17,12-5-3-2-4-6-12)21-14-8-7-13-15(20-14)19-10-9-18-13/h2-10H,11H2,1H3,(H,19,20,21). The van der Waals surface area contributed by atoms with Gasteiger partial charge in [0.2, 0.25) is 0 Å². The van der Waals surface area contributed by atoms with Crippen molar-refractivity contribution in [2.75, 3.05) is 11.2 Å². The van der Waals surface area contributed by atoms with E-state index in [0.29, 0.717) is 11.5 Å². The van der Waals surface area contributed by atoms with Crippen molar-refractivity contribution in [2.24, 2.45) is 0 Å². The zero-order valence-electron chi connectivity index (χ0n) is 11.6. The SMILES string of the molecule is CC(CCl)(Nc1ccc2nccnc2n1)c1ccccc1. The fourth-order valence-electron chi connectivity index (χ4n) is 2.20. The molecule has 0 aliphatic heterocycles. The zero-order chi connectivity index (χ0) is 14.7. The Labute approximate surface area is 128 Å². The van der Waals surface area contributed by atoms with Crippen molar-refractivity contribution in [2.45, 2.75) is 12.5 Å². The number of pyridine rings is 1. The number of aromatic nitrogens is 3. The first-order valence-electron chi connectivity index (χ1n) is 6.69. The third kappa shape index (κ3) is 2.81. The number of alkyl halides is 1. The lowest BCUT2D eigenvalue weighted by Gasteiger charge is -2.29. The lowest BCUT2D eigenvalue weighted by molar-refractivity contribution is 0.614. The van der Waals surface area contributed by atoms with Gasteiger partial charge in [-0.25, -0.2) is 9.97 Å². The van der Waals surface area contributed by atoms with E-state index in [0.717, 1.165) is 16.9 Å². The quantitative estimate of drug-likeness (QED) is 0.748. The molecular formula is C16H15ClN4. The summed E-state index contributed by atoms with van der Waals surface area (Å²) in [5, 5.41) is 3.40. The van der Waals surface area contributed by atoms with Crippen molar-refractivity contribution in [3.05, 3.63) is 60.4 Å². The highest BCUT2D eigenvalue weighted by atomic mass is 35.5. The van der Waals surface area contributed by atoms with Gasteiger partial charge in [0, 0.05) is 18.3 Å². The van der Waals surface area contributed by atoms with E-state index < -0.39 is 5.54 Å². The van der Waals surface area contributed by atoms with Crippen LogP contribution in [0.2, 0.25) is 0 Å². The number of benzene rings is 1. The predicted octanol–water partition coefficient (Wildman–Crippen LogP) is 3.59. The van der Waals surface area contributed by atoms with Crippen LogP contribution in [0.5, 0.6) is 0 Å². The third-order valence-electron chi connectivity index (χ3n) is 3.41. The second-order valence-electron chi connectivity index (χ2n) is 5.05. The van der Waals surface area contributed by atoms with Crippen LogP contribution >= 0.6 is 11.6 Å². The first-order chi connectivity index (χ1) is 10.2. The fraction of sp³-hybridized carbons (Fsp3) is 0.188. The molecule has 4 nitrogen and oxygen atoms in total. The van der Waals surface area contributed by atoms with Gasteiger partial charge in [0.25, 0.3) is 0 Å². The van der Waals surface area contributed by atoms with E-state index in [1.807, 2.05) is 30.3 Å². The first-order valence-corrected chi connectivity index (χ1v) is 7.22. The Bertz CT molecular complexity index is 747. The molecule has 0 fully saturated rings. The number of halogens is 1. The molecule has 0 saturated carbocycles. The third-order valence-corrected chi connectivity index (χ3v) is 3.95. The summed E-state index contributed by atoms with van der Waals surface area (Å²) in [5.41, 5.74) is 2.11. The maximum atomic E-state index is 6.19. The van der Waals surface area contributed by atoms with Gasteiger partial charge in [0.05, 0.1) is 5.54 Å². The Morgan fingerprint density at radius 2 is 1.81 bits per heavy atom. The molecule has 0 spiro atoms. The van der Waals surface area contributed by atoms with Gasteiger partial charge >= 0.3 is 0 Å². The minimum absolute atomic E-state index is 0.397. The van der Waals surface area contributed by atoms with Crippen molar-refractivity contribution in [1.29, 1.82) is 0 Å². The van der Waals surface area contributed by atoms with Crippen LogP contribution in [0.25, 0.3) is 11.2 Å². The van der Waals surface area contributed by atoms with Crippen molar-refractivity contribution in [3.8, 4) is 0 Å². The van der Waals surface area contributed by atoms with Gasteiger partial charge in [-0.15, -0.1) is 11.6 Å². The van der Waals surface area contributed by atoms with Crippen molar-refractivity contribution >= 4 is 28.6 Å². The molecule has 2 heterocycles. The summed E-state index contributed by atoms with van der Waals surface area (Å²) in [6.45, 7) is 2.05. The maximum absolute atomic E-state index is 6.19. The monoisotopic (exact) mass is 298 g/mol. The Hall–Kier alpha value is -2.20. The van der Waals surface area contributed by atoms with Crippen LogP contribution in [-0.4, -0.2) is 20.8 Å². The van der Waals surface area contributed by atoms with Gasteiger partial charge in [-0.1, -0.05) is 30.3 Å². The minimum Gasteiger partial charge on any atom is -0.360 e. The smallest absolute Gasteiger partial charge is 0.180 e. The summed E-state index contributed by atoms with van der Waals surface area (Å²) in [6, 6.07) is 13.9. The molecule has 2 aromatic heterocycles. The summed E-state index contributed by atoms with van der Waals surface area (Å²) >= 11 is 6.19. The molecular weight excluding hydrogens is 284 g/mol. The molecule has 0 aliphatic rings. The minimum atomic E-state index is -0.397. The number of anilines is 1. The molecule has 0 amide bonds. The summed E-state index contributed by atoms with van der Waals surface area (Å²) in [4.78, 5) is 12.9. The zero-order valence-corrected chi connectivity index (χ0v) is 12.4. The molecule has 0 bridgehead atoms. The number of nitrogens with zero attached hydrogens (tertiary/aromatic N) is 3. The summed E-state index contributed by atoms with van der Waals surface area (Å²) < 4.78 is 0. The van der Waals surface area contributed by atoms with E-state index in [1.54, 1.807) is 12.4 Å². The largest absolute Gasteiger partial charge is 0.360 e. The van der Waals surface area contributed by atoms with Crippen LogP contribution in [0, 0.1) is 0 Å². The van der Waals surface area contributed by atoms with E-state index in [9.17, 15) is 0 Å². The van der Waals surface area contributed by atoms with Gasteiger partial charge < -0.3 is 5.32 Å². The van der Waals surface area contributed by atoms with E-state index in [2.05, 4.69) is 39.3 Å². The van der Waals surface area contributed by atoms with E-state index in [4.69, 9.17) is 11.6 Å². The molecule has 106 valence electrons. The molecule has 3 rings (SSSR count). The predicted molar refractivity (Wildman–Crippen MR) is 85.5 cm³/mol. The highest BCUT2D eigenvalue weighted by Crippen LogP contribution is 2.27. The lowest BCUT2D eigenvalue weighted by Crippen LogP contribution is -2.34. The van der Waals surface area contributed by atoms with Crippen molar-refractivity contribution in [1.82, 2.24) is 15.0 Å². The molecule has 3 aromatic rings. The lowest BCUT2D eigenvalue weighted by atomic mass is 9.94. The average Bonchev–Trinajstić information content (AvgIpc) is 2.55. The van der Waals surface area contributed by atoms with Crippen LogP contribution in [0.15, 0.2) is 54.9 Å². The number of fused-ring (bicyclic) bond motifs is 1. The average molecular weight is 299 g/mol. The molecule has 21 heavy (non-hydrogen) atoms. The van der Waals surface area contributed by atoms with Crippen LogP contribution in [0.3, 0.4) is 0 Å². The molecule has 0 aliphatic carbocycles. The first kappa shape index (κ1) is 13.8. The Morgan fingerprint density at radius 3 is 2.57 bits per heavy atom. The molecule has 5 heteroatoms. The second-order valence-corrected chi connectivity index (χ2v) is 5.32. The van der Waals surface area contributed by atoms with Crippen LogP contribution in [0.4, 0.5) is 5.82 Å². The van der Waals surface area contributed by atoms with Crippen LogP contribution < -0.4 is 5.32 Å². The number of hydrogen-bond acceptors (Lipinski definition) is 4. The molecule has 1 unspecified atom stereocenters. The van der Waals surface area contributed by atoms with Gasteiger partial charge in [-0.2, -0.15) is 0 Å². The van der Waals surface area contributed by atoms with E-state index in [1.165, 1.54) is 0 Å². The second kappa shape index (κ2) is 5.66. The highest BCUT2D eigenvalue weighted by molar-refractivity contribution is 6.18. The number of hydrogen-bond donors (Lipinski definition) is 1. The number of rotatable bonds is 4. The summed E-state index contributed by atoms with van der Waals surface area (Å²) in [5.74, 6) is 1.16. The van der Waals surface area contributed by atoms with Crippen molar-refractivity contribution in [3.63, 3.8) is 0 Å². The number of nitrogens with one attached hydrogen (secondary N) is 1. The molecule has 1 aromatic carbocycles. The van der Waals surface area contributed by atoms with Crippen LogP contribution in [0.1, 0.15) is 12.5 Å². The Morgan fingerprint density at radius 1 is 1.05 bits per heavy atom. The summed E-state index contributed by atoms with van der Waals surface area (Å²) in [6.07, 6.45) is 3.29. The van der Waals surface area contributed by atoms with E-state index in [-0.39, 0.29) is 0 Å². The van der Waals surface area contributed by atoms with Gasteiger partial charge in [0.15, 0.2) is 5.65 Å². The maximum Gasteiger partial charge on any atom is 0.180 e. The molecule has 0 saturated heterocycles. The molecule has 1 atom stereocenters. The van der Waals surface area contributed by atoms with Crippen LogP contribution in [-0.2, 0) is 5.54 Å². The highest BCUT2D eigenvalue weighted by Gasteiger charge is 2.25. The van der Waals surface area contributed by atoms with Gasteiger partial charge in [-0.05, 0) is 24.6 Å². The molecule has 1 N–H and O–H groups in total. The fourth-order valence-corrected chi connectivity index (χ4v) is 2.42. The van der Waals surface area contributed by atoms with E-state index >= 15 is 0 Å². The normalized spacial score (nSPS) is 13.8. The Balaban J connectivity index is 1.95. The molecule has 0 radical (unpaired) electrons. The summed E-state index contributed by atoms with van der Waals surface area (Å²) in [7, 11) is 0. The van der Waals surface area contributed by atoms with Gasteiger partial charge in [-0.3, -0.25) is 4.98 Å².